The van der Waals surface area contributed by atoms with Gasteiger partial charge in [-0.2, -0.15) is 0 Å². The molecule has 1 heterocycles. The molecule has 2 rings (SSSR count). The predicted octanol–water partition coefficient (Wildman–Crippen LogP) is 2.35. The third-order valence-electron chi connectivity index (χ3n) is 3.83. The molecule has 0 bridgehead atoms. The molecule has 21 heavy (non-hydrogen) atoms. The van der Waals surface area contributed by atoms with E-state index < -0.39 is 0 Å². The van der Waals surface area contributed by atoms with Gasteiger partial charge in [-0.15, -0.1) is 0 Å². The molecule has 1 aliphatic rings. The van der Waals surface area contributed by atoms with Gasteiger partial charge in [0.25, 0.3) is 0 Å². The molecule has 0 atom stereocenters. The Hall–Kier alpha value is -1.81. The van der Waals surface area contributed by atoms with Crippen molar-refractivity contribution in [3.63, 3.8) is 0 Å². The molecule has 0 radical (unpaired) electrons. The Bertz CT molecular complexity index is 462. The number of nitrogens with zero attached hydrogens (tertiary/aromatic N) is 1. The molecule has 114 valence electrons. The summed E-state index contributed by atoms with van der Waals surface area (Å²) in [5.74, 6) is 1.05. The number of amides is 1. The van der Waals surface area contributed by atoms with Crippen LogP contribution in [0, 0.1) is 0 Å². The van der Waals surface area contributed by atoms with E-state index in [1.54, 1.807) is 13.0 Å². The fourth-order valence-electron chi connectivity index (χ4n) is 2.52. The Morgan fingerprint density at radius 1 is 1.38 bits per heavy atom. The van der Waals surface area contributed by atoms with Crippen LogP contribution in [0.5, 0.6) is 5.75 Å². The number of rotatable bonds is 6. The summed E-state index contributed by atoms with van der Waals surface area (Å²) >= 11 is 0. The Kier molecular flexibility index (Phi) is 5.81. The largest absolute Gasteiger partial charge is 0.490 e. The van der Waals surface area contributed by atoms with Crippen LogP contribution >= 0.6 is 0 Å². The molecule has 1 fully saturated rings. The molecule has 1 aromatic carbocycles. The van der Waals surface area contributed by atoms with Gasteiger partial charge < -0.3 is 15.0 Å². The summed E-state index contributed by atoms with van der Waals surface area (Å²) in [5, 5.41) is 3.57. The fourth-order valence-corrected chi connectivity index (χ4v) is 2.52. The highest BCUT2D eigenvalue weighted by molar-refractivity contribution is 5.73. The number of benzene rings is 1. The highest BCUT2D eigenvalue weighted by Crippen LogP contribution is 2.14. The van der Waals surface area contributed by atoms with E-state index in [1.807, 2.05) is 17.0 Å². The van der Waals surface area contributed by atoms with Gasteiger partial charge in [0, 0.05) is 32.6 Å². The van der Waals surface area contributed by atoms with Crippen molar-refractivity contribution >= 4 is 5.91 Å². The first kappa shape index (κ1) is 15.6. The van der Waals surface area contributed by atoms with E-state index in [1.165, 1.54) is 5.56 Å². The van der Waals surface area contributed by atoms with Gasteiger partial charge in [-0.25, -0.2) is 0 Å². The average molecular weight is 288 g/mol. The lowest BCUT2D eigenvalue weighted by Crippen LogP contribution is -2.43. The van der Waals surface area contributed by atoms with Crippen molar-refractivity contribution in [2.45, 2.75) is 32.4 Å². The van der Waals surface area contributed by atoms with Gasteiger partial charge >= 0.3 is 0 Å². The van der Waals surface area contributed by atoms with Crippen molar-refractivity contribution in [2.75, 3.05) is 19.7 Å². The number of piperidine rings is 1. The SMILES string of the molecule is C=CCOc1ccc(CNC2CCN(C(C)=O)CC2)cc1. The summed E-state index contributed by atoms with van der Waals surface area (Å²) < 4.78 is 5.46. The quantitative estimate of drug-likeness (QED) is 0.817. The van der Waals surface area contributed by atoms with Crippen molar-refractivity contribution in [3.05, 3.63) is 42.5 Å². The van der Waals surface area contributed by atoms with Crippen molar-refractivity contribution in [1.29, 1.82) is 0 Å². The fraction of sp³-hybridized carbons (Fsp3) is 0.471. The molecule has 0 spiro atoms. The number of carbonyl (C=O) groups excluding carboxylic acids is 1. The van der Waals surface area contributed by atoms with E-state index in [0.29, 0.717) is 12.6 Å². The lowest BCUT2D eigenvalue weighted by atomic mass is 10.0. The number of carbonyl (C=O) groups is 1. The van der Waals surface area contributed by atoms with Crippen molar-refractivity contribution in [2.24, 2.45) is 0 Å². The second-order valence-electron chi connectivity index (χ2n) is 5.40. The third-order valence-corrected chi connectivity index (χ3v) is 3.83. The Labute approximate surface area is 126 Å². The van der Waals surface area contributed by atoms with Gasteiger partial charge in [-0.3, -0.25) is 4.79 Å². The van der Waals surface area contributed by atoms with Crippen LogP contribution in [-0.2, 0) is 11.3 Å². The minimum atomic E-state index is 0.184. The standard InChI is InChI=1S/C17H24N2O2/c1-3-12-21-17-6-4-15(5-7-17)13-18-16-8-10-19(11-9-16)14(2)20/h3-7,16,18H,1,8-13H2,2H3. The van der Waals surface area contributed by atoms with E-state index in [9.17, 15) is 4.79 Å². The third kappa shape index (κ3) is 4.90. The molecule has 0 aliphatic carbocycles. The maximum Gasteiger partial charge on any atom is 0.219 e. The molecule has 1 saturated heterocycles. The van der Waals surface area contributed by atoms with Crippen molar-refractivity contribution in [1.82, 2.24) is 10.2 Å². The van der Waals surface area contributed by atoms with Crippen LogP contribution in [0.2, 0.25) is 0 Å². The van der Waals surface area contributed by atoms with Crippen LogP contribution in [0.3, 0.4) is 0 Å². The van der Waals surface area contributed by atoms with Crippen LogP contribution in [0.25, 0.3) is 0 Å². The molecule has 1 N–H and O–H groups in total. The molecule has 1 amide bonds. The zero-order chi connectivity index (χ0) is 15.1. The van der Waals surface area contributed by atoms with Crippen LogP contribution in [0.4, 0.5) is 0 Å². The zero-order valence-electron chi connectivity index (χ0n) is 12.7. The highest BCUT2D eigenvalue weighted by atomic mass is 16.5. The maximum atomic E-state index is 11.3. The molecule has 1 aromatic rings. The Morgan fingerprint density at radius 3 is 2.62 bits per heavy atom. The maximum absolute atomic E-state index is 11.3. The summed E-state index contributed by atoms with van der Waals surface area (Å²) in [4.78, 5) is 13.2. The number of likely N-dealkylation sites (tertiary alicyclic amines) is 1. The number of hydrogen-bond donors (Lipinski definition) is 1. The minimum Gasteiger partial charge on any atom is -0.490 e. The van der Waals surface area contributed by atoms with E-state index >= 15 is 0 Å². The molecule has 4 nitrogen and oxygen atoms in total. The van der Waals surface area contributed by atoms with Gasteiger partial charge in [-0.1, -0.05) is 24.8 Å². The van der Waals surface area contributed by atoms with E-state index in [0.717, 1.165) is 38.2 Å². The summed E-state index contributed by atoms with van der Waals surface area (Å²) in [5.41, 5.74) is 1.25. The Balaban J connectivity index is 1.73. The monoisotopic (exact) mass is 288 g/mol. The topological polar surface area (TPSA) is 41.6 Å². The molecule has 0 aromatic heterocycles. The molecule has 4 heteroatoms. The first-order valence-electron chi connectivity index (χ1n) is 7.50. The smallest absolute Gasteiger partial charge is 0.219 e. The first-order chi connectivity index (χ1) is 10.2. The molecule has 0 unspecified atom stereocenters. The second-order valence-corrected chi connectivity index (χ2v) is 5.40. The lowest BCUT2D eigenvalue weighted by molar-refractivity contribution is -0.129. The van der Waals surface area contributed by atoms with E-state index in [-0.39, 0.29) is 5.91 Å². The van der Waals surface area contributed by atoms with E-state index in [4.69, 9.17) is 4.74 Å². The summed E-state index contributed by atoms with van der Waals surface area (Å²) in [6.45, 7) is 8.39. The molecule has 0 saturated carbocycles. The molecule has 1 aliphatic heterocycles. The van der Waals surface area contributed by atoms with Gasteiger partial charge in [0.2, 0.25) is 5.91 Å². The predicted molar refractivity (Wildman–Crippen MR) is 84.2 cm³/mol. The van der Waals surface area contributed by atoms with Crippen LogP contribution in [0.1, 0.15) is 25.3 Å². The average Bonchev–Trinajstić information content (AvgIpc) is 2.52. The molecular formula is C17H24N2O2. The minimum absolute atomic E-state index is 0.184. The highest BCUT2D eigenvalue weighted by Gasteiger charge is 2.19. The lowest BCUT2D eigenvalue weighted by Gasteiger charge is -2.31. The van der Waals surface area contributed by atoms with Crippen molar-refractivity contribution < 1.29 is 9.53 Å². The van der Waals surface area contributed by atoms with Gasteiger partial charge in [-0.05, 0) is 30.5 Å². The second kappa shape index (κ2) is 7.84. The number of ether oxygens (including phenoxy) is 1. The van der Waals surface area contributed by atoms with Crippen LogP contribution in [-0.4, -0.2) is 36.5 Å². The zero-order valence-corrected chi connectivity index (χ0v) is 12.7. The summed E-state index contributed by atoms with van der Waals surface area (Å²) in [6, 6.07) is 8.63. The number of hydrogen-bond acceptors (Lipinski definition) is 3. The first-order valence-corrected chi connectivity index (χ1v) is 7.50. The van der Waals surface area contributed by atoms with E-state index in [2.05, 4.69) is 24.0 Å². The molecular weight excluding hydrogens is 264 g/mol. The summed E-state index contributed by atoms with van der Waals surface area (Å²) in [6.07, 6.45) is 3.79. The normalized spacial score (nSPS) is 15.8. The van der Waals surface area contributed by atoms with Crippen LogP contribution in [0.15, 0.2) is 36.9 Å². The summed E-state index contributed by atoms with van der Waals surface area (Å²) in [7, 11) is 0. The number of nitrogens with one attached hydrogen (secondary N) is 1. The van der Waals surface area contributed by atoms with Gasteiger partial charge in [0.05, 0.1) is 0 Å². The Morgan fingerprint density at radius 2 is 2.05 bits per heavy atom. The van der Waals surface area contributed by atoms with Gasteiger partial charge in [0.15, 0.2) is 0 Å². The van der Waals surface area contributed by atoms with Crippen molar-refractivity contribution in [3.8, 4) is 5.75 Å². The van der Waals surface area contributed by atoms with Crippen LogP contribution < -0.4 is 10.1 Å². The van der Waals surface area contributed by atoms with Gasteiger partial charge in [0.1, 0.15) is 12.4 Å².